The molecule has 0 saturated carbocycles. The Kier molecular flexibility index (Phi) is 3.70. The Hall–Kier alpha value is 0.280. The zero-order valence-corrected chi connectivity index (χ0v) is 8.64. The van der Waals surface area contributed by atoms with Crippen LogP contribution in [0.25, 0.3) is 0 Å². The molecule has 0 fully saturated rings. The van der Waals surface area contributed by atoms with Gasteiger partial charge in [0.15, 0.2) is 0 Å². The fourth-order valence-corrected chi connectivity index (χ4v) is 2.39. The number of rotatable bonds is 3. The summed E-state index contributed by atoms with van der Waals surface area (Å²) < 4.78 is 0.821. The molecule has 3 heteroatoms. The first-order valence-electron chi connectivity index (χ1n) is 3.63. The van der Waals surface area contributed by atoms with E-state index in [-0.39, 0.29) is 5.38 Å². The quantitative estimate of drug-likeness (QED) is 0.643. The van der Waals surface area contributed by atoms with Crippen LogP contribution >= 0.6 is 34.5 Å². The molecular formula is C8H10Cl2S. The van der Waals surface area contributed by atoms with E-state index >= 15 is 0 Å². The van der Waals surface area contributed by atoms with Crippen LogP contribution in [0.2, 0.25) is 4.34 Å². The van der Waals surface area contributed by atoms with E-state index in [9.17, 15) is 0 Å². The fourth-order valence-electron chi connectivity index (χ4n) is 0.892. The Morgan fingerprint density at radius 2 is 2.27 bits per heavy atom. The van der Waals surface area contributed by atoms with Crippen LogP contribution in [0.4, 0.5) is 0 Å². The van der Waals surface area contributed by atoms with Crippen LogP contribution in [-0.4, -0.2) is 0 Å². The van der Waals surface area contributed by atoms with Crippen molar-refractivity contribution >= 4 is 34.5 Å². The lowest BCUT2D eigenvalue weighted by Crippen LogP contribution is -1.83. The van der Waals surface area contributed by atoms with Crippen molar-refractivity contribution in [2.45, 2.75) is 25.1 Å². The zero-order chi connectivity index (χ0) is 8.27. The lowest BCUT2D eigenvalue weighted by atomic mass is 10.2. The summed E-state index contributed by atoms with van der Waals surface area (Å²) >= 11 is 13.4. The number of halogens is 2. The van der Waals surface area contributed by atoms with Crippen LogP contribution in [-0.2, 0) is 0 Å². The SMILES string of the molecule is CCCC(Cl)c1ccc(Cl)s1. The molecule has 0 aliphatic heterocycles. The van der Waals surface area contributed by atoms with Crippen molar-refractivity contribution in [1.29, 1.82) is 0 Å². The van der Waals surface area contributed by atoms with Gasteiger partial charge in [-0.1, -0.05) is 24.9 Å². The van der Waals surface area contributed by atoms with Crippen molar-refractivity contribution in [3.63, 3.8) is 0 Å². The van der Waals surface area contributed by atoms with Crippen molar-refractivity contribution in [1.82, 2.24) is 0 Å². The molecule has 0 aromatic carbocycles. The first-order valence-corrected chi connectivity index (χ1v) is 5.26. The molecule has 0 radical (unpaired) electrons. The van der Waals surface area contributed by atoms with Crippen LogP contribution < -0.4 is 0 Å². The van der Waals surface area contributed by atoms with Crippen LogP contribution in [0, 0.1) is 0 Å². The Balaban J connectivity index is 2.60. The summed E-state index contributed by atoms with van der Waals surface area (Å²) in [5.74, 6) is 0. The van der Waals surface area contributed by atoms with E-state index in [0.717, 1.165) is 17.2 Å². The zero-order valence-electron chi connectivity index (χ0n) is 6.31. The first-order chi connectivity index (χ1) is 5.24. The van der Waals surface area contributed by atoms with E-state index < -0.39 is 0 Å². The summed E-state index contributed by atoms with van der Waals surface area (Å²) in [6, 6.07) is 3.90. The molecule has 0 aliphatic rings. The highest BCUT2D eigenvalue weighted by molar-refractivity contribution is 7.16. The van der Waals surface area contributed by atoms with Gasteiger partial charge in [0.1, 0.15) is 0 Å². The van der Waals surface area contributed by atoms with Gasteiger partial charge in [-0.05, 0) is 18.6 Å². The maximum atomic E-state index is 6.07. The van der Waals surface area contributed by atoms with E-state index in [1.807, 2.05) is 12.1 Å². The van der Waals surface area contributed by atoms with Crippen LogP contribution in [0.15, 0.2) is 12.1 Å². The van der Waals surface area contributed by atoms with Gasteiger partial charge in [-0.25, -0.2) is 0 Å². The van der Waals surface area contributed by atoms with Crippen molar-refractivity contribution in [3.05, 3.63) is 21.3 Å². The molecule has 1 aromatic rings. The van der Waals surface area contributed by atoms with Crippen molar-refractivity contribution < 1.29 is 0 Å². The predicted octanol–water partition coefficient (Wildman–Crippen LogP) is 4.48. The van der Waals surface area contributed by atoms with Gasteiger partial charge in [-0.15, -0.1) is 22.9 Å². The highest BCUT2D eigenvalue weighted by atomic mass is 35.5. The lowest BCUT2D eigenvalue weighted by molar-refractivity contribution is 0.780. The van der Waals surface area contributed by atoms with E-state index in [1.165, 1.54) is 4.88 Å². The molecule has 0 nitrogen and oxygen atoms in total. The van der Waals surface area contributed by atoms with Gasteiger partial charge in [-0.2, -0.15) is 0 Å². The topological polar surface area (TPSA) is 0 Å². The minimum absolute atomic E-state index is 0.150. The number of hydrogen-bond acceptors (Lipinski definition) is 1. The second-order valence-electron chi connectivity index (χ2n) is 2.40. The first kappa shape index (κ1) is 9.37. The van der Waals surface area contributed by atoms with Crippen LogP contribution in [0.1, 0.15) is 30.0 Å². The third-order valence-corrected chi connectivity index (χ3v) is 3.37. The summed E-state index contributed by atoms with van der Waals surface area (Å²) in [6.45, 7) is 2.13. The molecule has 0 amide bonds. The Morgan fingerprint density at radius 1 is 1.55 bits per heavy atom. The summed E-state index contributed by atoms with van der Waals surface area (Å²) in [4.78, 5) is 1.18. The summed E-state index contributed by atoms with van der Waals surface area (Å²) in [7, 11) is 0. The van der Waals surface area contributed by atoms with Gasteiger partial charge in [0.25, 0.3) is 0 Å². The normalized spacial score (nSPS) is 13.4. The van der Waals surface area contributed by atoms with Gasteiger partial charge in [0.2, 0.25) is 0 Å². The molecule has 0 bridgehead atoms. The third-order valence-electron chi connectivity index (χ3n) is 1.44. The van der Waals surface area contributed by atoms with E-state index in [2.05, 4.69) is 6.92 Å². The van der Waals surface area contributed by atoms with Gasteiger partial charge in [0.05, 0.1) is 9.71 Å². The molecule has 1 rings (SSSR count). The standard InChI is InChI=1S/C8H10Cl2S/c1-2-3-6(9)7-4-5-8(10)11-7/h4-6H,2-3H2,1H3. The van der Waals surface area contributed by atoms with E-state index in [1.54, 1.807) is 11.3 Å². The highest BCUT2D eigenvalue weighted by Crippen LogP contribution is 2.33. The van der Waals surface area contributed by atoms with Gasteiger partial charge >= 0.3 is 0 Å². The number of hydrogen-bond donors (Lipinski definition) is 0. The average Bonchev–Trinajstić information content (AvgIpc) is 2.36. The third kappa shape index (κ3) is 2.66. The highest BCUT2D eigenvalue weighted by Gasteiger charge is 2.08. The summed E-state index contributed by atoms with van der Waals surface area (Å²) in [5.41, 5.74) is 0. The second-order valence-corrected chi connectivity index (χ2v) is 4.67. The van der Waals surface area contributed by atoms with Crippen molar-refractivity contribution in [3.8, 4) is 0 Å². The van der Waals surface area contributed by atoms with Gasteiger partial charge < -0.3 is 0 Å². The molecule has 0 saturated heterocycles. The van der Waals surface area contributed by atoms with Crippen LogP contribution in [0.3, 0.4) is 0 Å². The number of alkyl halides is 1. The summed E-state index contributed by atoms with van der Waals surface area (Å²) in [6.07, 6.45) is 2.14. The molecule has 11 heavy (non-hydrogen) atoms. The Morgan fingerprint density at radius 3 is 2.73 bits per heavy atom. The minimum Gasteiger partial charge on any atom is -0.127 e. The number of thiophene rings is 1. The average molecular weight is 209 g/mol. The predicted molar refractivity (Wildman–Crippen MR) is 52.8 cm³/mol. The fraction of sp³-hybridized carbons (Fsp3) is 0.500. The van der Waals surface area contributed by atoms with E-state index in [0.29, 0.717) is 0 Å². The second kappa shape index (κ2) is 4.34. The molecule has 1 unspecified atom stereocenters. The largest absolute Gasteiger partial charge is 0.127 e. The smallest absolute Gasteiger partial charge is 0.0931 e. The molecule has 0 aliphatic carbocycles. The van der Waals surface area contributed by atoms with Crippen LogP contribution in [0.5, 0.6) is 0 Å². The van der Waals surface area contributed by atoms with Crippen molar-refractivity contribution in [2.75, 3.05) is 0 Å². The molecule has 1 atom stereocenters. The molecular weight excluding hydrogens is 199 g/mol. The van der Waals surface area contributed by atoms with Gasteiger partial charge in [-0.3, -0.25) is 0 Å². The Bertz CT molecular complexity index is 220. The minimum atomic E-state index is 0.150. The lowest BCUT2D eigenvalue weighted by Gasteiger charge is -2.02. The summed E-state index contributed by atoms with van der Waals surface area (Å²) in [5, 5.41) is 0.150. The van der Waals surface area contributed by atoms with Gasteiger partial charge in [0, 0.05) is 4.88 Å². The Labute approximate surface area is 81.1 Å². The van der Waals surface area contributed by atoms with Crippen molar-refractivity contribution in [2.24, 2.45) is 0 Å². The maximum Gasteiger partial charge on any atom is 0.0931 e. The molecule has 0 spiro atoms. The molecule has 1 aromatic heterocycles. The monoisotopic (exact) mass is 208 g/mol. The maximum absolute atomic E-state index is 6.07. The van der Waals surface area contributed by atoms with E-state index in [4.69, 9.17) is 23.2 Å². The molecule has 0 N–H and O–H groups in total. The molecule has 62 valence electrons. The molecule has 1 heterocycles.